The number of aromatic nitrogens is 2. The summed E-state index contributed by atoms with van der Waals surface area (Å²) in [5.41, 5.74) is 1.46. The zero-order valence-corrected chi connectivity index (χ0v) is 11.0. The lowest BCUT2D eigenvalue weighted by Crippen LogP contribution is -2.30. The van der Waals surface area contributed by atoms with E-state index in [1.54, 1.807) is 0 Å². The number of hydrogen-bond donors (Lipinski definition) is 1. The Morgan fingerprint density at radius 3 is 2.50 bits per heavy atom. The molecule has 1 unspecified atom stereocenters. The van der Waals surface area contributed by atoms with E-state index in [1.807, 2.05) is 0 Å². The average Bonchev–Trinajstić information content (AvgIpc) is 3.32. The lowest BCUT2D eigenvalue weighted by atomic mass is 10.0. The molecule has 3 nitrogen and oxygen atoms in total. The minimum absolute atomic E-state index is 0.557. The van der Waals surface area contributed by atoms with Crippen molar-refractivity contribution in [3.63, 3.8) is 0 Å². The predicted octanol–water partition coefficient (Wildman–Crippen LogP) is 3.06. The molecule has 2 heterocycles. The monoisotopic (exact) mass is 245 g/mol. The number of nitrogens with one attached hydrogen (secondary N) is 1. The van der Waals surface area contributed by atoms with Crippen LogP contribution >= 0.6 is 0 Å². The Bertz CT molecular complexity index is 399. The molecule has 1 aromatic heterocycles. The molecule has 3 fully saturated rings. The number of rotatable bonds is 4. The molecule has 0 bridgehead atoms. The van der Waals surface area contributed by atoms with Crippen LogP contribution < -0.4 is 5.32 Å². The zero-order valence-electron chi connectivity index (χ0n) is 11.0. The molecule has 0 amide bonds. The van der Waals surface area contributed by atoms with Crippen molar-refractivity contribution in [2.24, 2.45) is 11.8 Å². The Balaban J connectivity index is 1.61. The largest absolute Gasteiger partial charge is 0.329 e. The molecule has 1 saturated heterocycles. The van der Waals surface area contributed by atoms with Crippen molar-refractivity contribution in [1.82, 2.24) is 14.9 Å². The minimum Gasteiger partial charge on any atom is -0.329 e. The van der Waals surface area contributed by atoms with Crippen LogP contribution in [0.5, 0.6) is 0 Å². The second-order valence-corrected chi connectivity index (χ2v) is 6.39. The Labute approximate surface area is 109 Å². The molecule has 1 aliphatic heterocycles. The van der Waals surface area contributed by atoms with Gasteiger partial charge in [0, 0.05) is 18.3 Å². The minimum atomic E-state index is 0.557. The summed E-state index contributed by atoms with van der Waals surface area (Å²) in [6.07, 6.45) is 14.0. The van der Waals surface area contributed by atoms with E-state index in [9.17, 15) is 0 Å². The lowest BCUT2D eigenvalue weighted by Gasteiger charge is -2.28. The quantitative estimate of drug-likeness (QED) is 0.883. The van der Waals surface area contributed by atoms with Gasteiger partial charge in [0.15, 0.2) is 0 Å². The summed E-state index contributed by atoms with van der Waals surface area (Å²) in [6.45, 7) is 1.17. The van der Waals surface area contributed by atoms with Crippen molar-refractivity contribution in [1.29, 1.82) is 0 Å². The van der Waals surface area contributed by atoms with Gasteiger partial charge >= 0.3 is 0 Å². The molecular weight excluding hydrogens is 222 g/mol. The van der Waals surface area contributed by atoms with Gasteiger partial charge in [-0.3, -0.25) is 0 Å². The van der Waals surface area contributed by atoms with E-state index in [4.69, 9.17) is 0 Å². The van der Waals surface area contributed by atoms with Gasteiger partial charge in [-0.25, -0.2) is 4.98 Å². The van der Waals surface area contributed by atoms with Gasteiger partial charge in [-0.15, -0.1) is 0 Å². The van der Waals surface area contributed by atoms with Gasteiger partial charge in [-0.1, -0.05) is 6.42 Å². The maximum absolute atomic E-state index is 4.46. The summed E-state index contributed by atoms with van der Waals surface area (Å²) in [5.74, 6) is 1.91. The molecule has 1 N–H and O–H groups in total. The molecule has 1 aromatic rings. The second kappa shape index (κ2) is 4.37. The highest BCUT2D eigenvalue weighted by Crippen LogP contribution is 2.52. The second-order valence-electron chi connectivity index (χ2n) is 6.39. The Morgan fingerprint density at radius 2 is 1.89 bits per heavy atom. The van der Waals surface area contributed by atoms with Crippen LogP contribution in [0.25, 0.3) is 0 Å². The Hall–Kier alpha value is -0.830. The van der Waals surface area contributed by atoms with Crippen LogP contribution in [-0.2, 0) is 0 Å². The summed E-state index contributed by atoms with van der Waals surface area (Å²) in [6, 6.07) is 1.33. The first-order chi connectivity index (χ1) is 8.93. The van der Waals surface area contributed by atoms with Gasteiger partial charge in [-0.2, -0.15) is 0 Å². The van der Waals surface area contributed by atoms with Crippen LogP contribution in [0.1, 0.15) is 62.7 Å². The van der Waals surface area contributed by atoms with Crippen molar-refractivity contribution in [2.45, 2.75) is 57.0 Å². The molecular formula is C15H23N3. The molecule has 18 heavy (non-hydrogen) atoms. The molecule has 3 aliphatic rings. The number of nitrogens with zero attached hydrogens (tertiary/aromatic N) is 2. The van der Waals surface area contributed by atoms with E-state index < -0.39 is 0 Å². The topological polar surface area (TPSA) is 29.9 Å². The fourth-order valence-electron chi connectivity index (χ4n) is 3.65. The van der Waals surface area contributed by atoms with Gasteiger partial charge in [0.1, 0.15) is 0 Å². The Kier molecular flexibility index (Phi) is 2.68. The third-order valence-electron chi connectivity index (χ3n) is 4.89. The molecule has 0 spiro atoms. The number of hydrogen-bond acceptors (Lipinski definition) is 2. The van der Waals surface area contributed by atoms with Crippen molar-refractivity contribution in [3.05, 3.63) is 18.2 Å². The molecule has 3 heteroatoms. The summed E-state index contributed by atoms with van der Waals surface area (Å²) >= 11 is 0. The van der Waals surface area contributed by atoms with Gasteiger partial charge in [0.05, 0.1) is 12.0 Å². The van der Waals surface area contributed by atoms with Crippen LogP contribution in [0.15, 0.2) is 12.5 Å². The number of imidazole rings is 1. The first-order valence-corrected chi connectivity index (χ1v) is 7.68. The van der Waals surface area contributed by atoms with E-state index in [2.05, 4.69) is 27.4 Å². The van der Waals surface area contributed by atoms with Gasteiger partial charge in [0.2, 0.25) is 0 Å². The summed E-state index contributed by atoms with van der Waals surface area (Å²) in [4.78, 5) is 4.46. The molecule has 98 valence electrons. The van der Waals surface area contributed by atoms with E-state index >= 15 is 0 Å². The SMILES string of the molecule is c1ncn(C(C2CC2)C2CC2)c1C1CCCCN1. The average molecular weight is 245 g/mol. The third kappa shape index (κ3) is 1.99. The molecule has 2 saturated carbocycles. The first kappa shape index (κ1) is 11.0. The number of piperidine rings is 1. The van der Waals surface area contributed by atoms with E-state index in [-0.39, 0.29) is 0 Å². The van der Waals surface area contributed by atoms with Crippen LogP contribution in [0.2, 0.25) is 0 Å². The summed E-state index contributed by atoms with van der Waals surface area (Å²) in [5, 5.41) is 3.67. The van der Waals surface area contributed by atoms with Gasteiger partial charge < -0.3 is 9.88 Å². The van der Waals surface area contributed by atoms with E-state index in [1.165, 1.54) is 57.2 Å². The standard InChI is InChI=1S/C15H23N3/c1-2-8-17-13(3-1)14-9-16-10-18(14)15(11-4-5-11)12-6-7-12/h9-13,15,17H,1-8H2. The lowest BCUT2D eigenvalue weighted by molar-refractivity contribution is 0.343. The summed E-state index contributed by atoms with van der Waals surface area (Å²) < 4.78 is 2.54. The zero-order chi connectivity index (χ0) is 11.9. The van der Waals surface area contributed by atoms with Crippen molar-refractivity contribution in [3.8, 4) is 0 Å². The van der Waals surface area contributed by atoms with Gasteiger partial charge in [-0.05, 0) is 56.9 Å². The Morgan fingerprint density at radius 1 is 1.11 bits per heavy atom. The first-order valence-electron chi connectivity index (χ1n) is 7.68. The molecule has 4 rings (SSSR count). The highest BCUT2D eigenvalue weighted by molar-refractivity contribution is 5.11. The van der Waals surface area contributed by atoms with Crippen molar-refractivity contribution >= 4 is 0 Å². The third-order valence-corrected chi connectivity index (χ3v) is 4.89. The van der Waals surface area contributed by atoms with E-state index in [0.717, 1.165) is 17.9 Å². The van der Waals surface area contributed by atoms with E-state index in [0.29, 0.717) is 6.04 Å². The fourth-order valence-corrected chi connectivity index (χ4v) is 3.65. The van der Waals surface area contributed by atoms with Crippen LogP contribution in [0.4, 0.5) is 0 Å². The predicted molar refractivity (Wildman–Crippen MR) is 71.3 cm³/mol. The van der Waals surface area contributed by atoms with Crippen LogP contribution in [0.3, 0.4) is 0 Å². The summed E-state index contributed by atoms with van der Waals surface area (Å²) in [7, 11) is 0. The van der Waals surface area contributed by atoms with Crippen molar-refractivity contribution < 1.29 is 0 Å². The van der Waals surface area contributed by atoms with Crippen LogP contribution in [-0.4, -0.2) is 16.1 Å². The maximum atomic E-state index is 4.46. The van der Waals surface area contributed by atoms with Crippen LogP contribution in [0, 0.1) is 11.8 Å². The molecule has 0 aromatic carbocycles. The fraction of sp³-hybridized carbons (Fsp3) is 0.800. The highest BCUT2D eigenvalue weighted by atomic mass is 15.1. The highest BCUT2D eigenvalue weighted by Gasteiger charge is 2.43. The van der Waals surface area contributed by atoms with Crippen molar-refractivity contribution in [2.75, 3.05) is 6.54 Å². The van der Waals surface area contributed by atoms with Gasteiger partial charge in [0.25, 0.3) is 0 Å². The molecule has 1 atom stereocenters. The maximum Gasteiger partial charge on any atom is 0.0951 e. The molecule has 2 aliphatic carbocycles. The smallest absolute Gasteiger partial charge is 0.0951 e. The molecule has 0 radical (unpaired) electrons. The normalized spacial score (nSPS) is 28.8.